The fraction of sp³-hybridized carbons (Fsp3) is 0.636. The zero-order valence-electron chi connectivity index (χ0n) is 9.78. The summed E-state index contributed by atoms with van der Waals surface area (Å²) in [5.41, 5.74) is 1.30. The normalized spacial score (nSPS) is 10.7. The van der Waals surface area contributed by atoms with Crippen LogP contribution in [-0.2, 0) is 6.54 Å². The zero-order chi connectivity index (χ0) is 11.4. The number of carbonyl (C=O) groups is 1. The monoisotopic (exact) mass is 210 g/mol. The third kappa shape index (κ3) is 2.58. The second-order valence-corrected chi connectivity index (χ2v) is 3.93. The first-order valence-electron chi connectivity index (χ1n) is 5.25. The molecule has 0 spiro atoms. The van der Waals surface area contributed by atoms with Crippen molar-refractivity contribution in [2.45, 2.75) is 34.2 Å². The summed E-state index contributed by atoms with van der Waals surface area (Å²) in [6.07, 6.45) is 0.810. The Morgan fingerprint density at radius 1 is 1.53 bits per heavy atom. The van der Waals surface area contributed by atoms with E-state index in [0.29, 0.717) is 24.0 Å². The average molecular weight is 210 g/mol. The van der Waals surface area contributed by atoms with Gasteiger partial charge in [0.2, 0.25) is 5.88 Å². The molecule has 0 N–H and O–H groups in total. The second-order valence-electron chi connectivity index (χ2n) is 3.93. The van der Waals surface area contributed by atoms with E-state index >= 15 is 0 Å². The molecule has 0 aromatic carbocycles. The van der Waals surface area contributed by atoms with Crippen molar-refractivity contribution in [2.75, 3.05) is 6.61 Å². The number of ether oxygens (including phenoxy) is 1. The molecule has 4 nitrogen and oxygen atoms in total. The largest absolute Gasteiger partial charge is 0.478 e. The molecule has 0 atom stereocenters. The number of aryl methyl sites for hydroxylation is 1. The molecule has 1 rings (SSSR count). The van der Waals surface area contributed by atoms with Gasteiger partial charge in [-0.05, 0) is 19.8 Å². The fourth-order valence-corrected chi connectivity index (χ4v) is 1.47. The van der Waals surface area contributed by atoms with Crippen LogP contribution in [0.4, 0.5) is 0 Å². The molecular weight excluding hydrogens is 192 g/mol. The van der Waals surface area contributed by atoms with Crippen molar-refractivity contribution < 1.29 is 9.53 Å². The molecule has 0 aliphatic rings. The van der Waals surface area contributed by atoms with Crippen molar-refractivity contribution >= 4 is 6.29 Å². The summed E-state index contributed by atoms with van der Waals surface area (Å²) in [6.45, 7) is 9.24. The van der Waals surface area contributed by atoms with Crippen LogP contribution in [0.3, 0.4) is 0 Å². The van der Waals surface area contributed by atoms with Crippen molar-refractivity contribution in [1.82, 2.24) is 9.78 Å². The molecule has 0 unspecified atom stereocenters. The first kappa shape index (κ1) is 11.8. The first-order valence-corrected chi connectivity index (χ1v) is 5.25. The van der Waals surface area contributed by atoms with Gasteiger partial charge in [0.25, 0.3) is 0 Å². The average Bonchev–Trinajstić information content (AvgIpc) is 2.42. The maximum atomic E-state index is 10.9. The van der Waals surface area contributed by atoms with Gasteiger partial charge < -0.3 is 4.74 Å². The summed E-state index contributed by atoms with van der Waals surface area (Å²) in [4.78, 5) is 10.9. The van der Waals surface area contributed by atoms with Crippen LogP contribution in [0.2, 0.25) is 0 Å². The van der Waals surface area contributed by atoms with Gasteiger partial charge in [0.05, 0.1) is 17.9 Å². The van der Waals surface area contributed by atoms with Crippen molar-refractivity contribution in [3.63, 3.8) is 0 Å². The SMILES string of the molecule is CCOc1c(C=O)c(C)nn1CC(C)C. The van der Waals surface area contributed by atoms with Gasteiger partial charge in [-0.2, -0.15) is 5.10 Å². The maximum absolute atomic E-state index is 10.9. The molecule has 0 aliphatic heterocycles. The van der Waals surface area contributed by atoms with Gasteiger partial charge in [-0.15, -0.1) is 0 Å². The number of hydrogen-bond acceptors (Lipinski definition) is 3. The van der Waals surface area contributed by atoms with E-state index in [1.807, 2.05) is 13.8 Å². The Morgan fingerprint density at radius 2 is 2.20 bits per heavy atom. The van der Waals surface area contributed by atoms with Crippen LogP contribution in [0.25, 0.3) is 0 Å². The molecular formula is C11H18N2O2. The van der Waals surface area contributed by atoms with E-state index in [1.54, 1.807) is 4.68 Å². The van der Waals surface area contributed by atoms with E-state index in [9.17, 15) is 4.79 Å². The summed E-state index contributed by atoms with van der Waals surface area (Å²) >= 11 is 0. The Morgan fingerprint density at radius 3 is 2.67 bits per heavy atom. The summed E-state index contributed by atoms with van der Waals surface area (Å²) < 4.78 is 7.22. The number of aromatic nitrogens is 2. The Hall–Kier alpha value is -1.32. The molecule has 1 aromatic heterocycles. The van der Waals surface area contributed by atoms with E-state index in [0.717, 1.165) is 18.5 Å². The predicted octanol–water partition coefficient (Wildman–Crippen LogP) is 2.06. The van der Waals surface area contributed by atoms with Gasteiger partial charge in [-0.3, -0.25) is 4.79 Å². The summed E-state index contributed by atoms with van der Waals surface area (Å²) in [7, 11) is 0. The molecule has 15 heavy (non-hydrogen) atoms. The van der Waals surface area contributed by atoms with E-state index in [-0.39, 0.29) is 0 Å². The van der Waals surface area contributed by atoms with Gasteiger partial charge in [0.1, 0.15) is 0 Å². The van der Waals surface area contributed by atoms with E-state index < -0.39 is 0 Å². The maximum Gasteiger partial charge on any atom is 0.222 e. The Kier molecular flexibility index (Phi) is 3.88. The summed E-state index contributed by atoms with van der Waals surface area (Å²) in [6, 6.07) is 0. The Bertz CT molecular complexity index is 343. The van der Waals surface area contributed by atoms with E-state index in [1.165, 1.54) is 0 Å². The second kappa shape index (κ2) is 4.96. The van der Waals surface area contributed by atoms with Crippen LogP contribution in [0.1, 0.15) is 36.8 Å². The van der Waals surface area contributed by atoms with Crippen molar-refractivity contribution in [3.8, 4) is 5.88 Å². The molecule has 0 saturated heterocycles. The van der Waals surface area contributed by atoms with Crippen LogP contribution in [-0.4, -0.2) is 22.7 Å². The van der Waals surface area contributed by atoms with Gasteiger partial charge in [-0.25, -0.2) is 4.68 Å². The lowest BCUT2D eigenvalue weighted by atomic mass is 10.2. The third-order valence-corrected chi connectivity index (χ3v) is 2.06. The summed E-state index contributed by atoms with van der Waals surface area (Å²) in [5, 5.41) is 4.30. The molecule has 0 fully saturated rings. The number of aldehydes is 1. The van der Waals surface area contributed by atoms with E-state index in [2.05, 4.69) is 18.9 Å². The van der Waals surface area contributed by atoms with Crippen LogP contribution < -0.4 is 4.74 Å². The Labute approximate surface area is 90.2 Å². The highest BCUT2D eigenvalue weighted by atomic mass is 16.5. The molecule has 4 heteroatoms. The lowest BCUT2D eigenvalue weighted by Crippen LogP contribution is -2.09. The quantitative estimate of drug-likeness (QED) is 0.699. The lowest BCUT2D eigenvalue weighted by Gasteiger charge is -2.10. The highest BCUT2D eigenvalue weighted by molar-refractivity contribution is 5.80. The molecule has 0 saturated carbocycles. The van der Waals surface area contributed by atoms with Crippen LogP contribution in [0, 0.1) is 12.8 Å². The van der Waals surface area contributed by atoms with Gasteiger partial charge >= 0.3 is 0 Å². The van der Waals surface area contributed by atoms with Gasteiger partial charge in [-0.1, -0.05) is 13.8 Å². The number of carbonyl (C=O) groups excluding carboxylic acids is 1. The highest BCUT2D eigenvalue weighted by Crippen LogP contribution is 2.21. The predicted molar refractivity (Wildman–Crippen MR) is 58.4 cm³/mol. The summed E-state index contributed by atoms with van der Waals surface area (Å²) in [5.74, 6) is 1.07. The lowest BCUT2D eigenvalue weighted by molar-refractivity contribution is 0.111. The van der Waals surface area contributed by atoms with Crippen LogP contribution >= 0.6 is 0 Å². The van der Waals surface area contributed by atoms with E-state index in [4.69, 9.17) is 4.74 Å². The number of nitrogens with zero attached hydrogens (tertiary/aromatic N) is 2. The number of rotatable bonds is 5. The minimum atomic E-state index is 0.475. The fourth-order valence-electron chi connectivity index (χ4n) is 1.47. The smallest absolute Gasteiger partial charge is 0.222 e. The topological polar surface area (TPSA) is 44.1 Å². The van der Waals surface area contributed by atoms with Crippen LogP contribution in [0.15, 0.2) is 0 Å². The molecule has 0 amide bonds. The van der Waals surface area contributed by atoms with Gasteiger partial charge in [0.15, 0.2) is 6.29 Å². The number of hydrogen-bond donors (Lipinski definition) is 0. The zero-order valence-corrected chi connectivity index (χ0v) is 9.78. The third-order valence-electron chi connectivity index (χ3n) is 2.06. The molecule has 0 bridgehead atoms. The Balaban J connectivity index is 3.08. The van der Waals surface area contributed by atoms with Crippen molar-refractivity contribution in [1.29, 1.82) is 0 Å². The minimum absolute atomic E-state index is 0.475. The molecule has 0 aliphatic carbocycles. The first-order chi connectivity index (χ1) is 7.10. The molecule has 1 aromatic rings. The highest BCUT2D eigenvalue weighted by Gasteiger charge is 2.16. The van der Waals surface area contributed by atoms with Crippen molar-refractivity contribution in [3.05, 3.63) is 11.3 Å². The molecule has 84 valence electrons. The molecule has 0 radical (unpaired) electrons. The van der Waals surface area contributed by atoms with Crippen LogP contribution in [0.5, 0.6) is 5.88 Å². The van der Waals surface area contributed by atoms with Gasteiger partial charge in [0, 0.05) is 6.54 Å². The molecule has 1 heterocycles. The standard InChI is InChI=1S/C11H18N2O2/c1-5-15-11-10(7-14)9(4)12-13(11)6-8(2)3/h7-8H,5-6H2,1-4H3. The van der Waals surface area contributed by atoms with Crippen molar-refractivity contribution in [2.24, 2.45) is 5.92 Å². The minimum Gasteiger partial charge on any atom is -0.478 e.